The van der Waals surface area contributed by atoms with Crippen LogP contribution < -0.4 is 0 Å². The molecule has 1 unspecified atom stereocenters. The largest absolute Gasteiger partial charge is 0.438 e. The molecule has 0 spiro atoms. The number of rotatable bonds is 2. The second-order valence-corrected chi connectivity index (χ2v) is 5.03. The number of halogens is 1. The summed E-state index contributed by atoms with van der Waals surface area (Å²) in [6.45, 7) is 6.90. The molecule has 0 amide bonds. The molecule has 1 atom stereocenters. The van der Waals surface area contributed by atoms with Crippen molar-refractivity contribution in [3.63, 3.8) is 0 Å². The van der Waals surface area contributed by atoms with Crippen LogP contribution in [-0.2, 0) is 21.6 Å². The van der Waals surface area contributed by atoms with E-state index in [9.17, 15) is 9.18 Å². The van der Waals surface area contributed by atoms with E-state index in [1.807, 2.05) is 0 Å². The lowest BCUT2D eigenvalue weighted by atomic mass is 9.79. The predicted octanol–water partition coefficient (Wildman–Crippen LogP) is 3.50. The molecule has 104 valence electrons. The van der Waals surface area contributed by atoms with E-state index in [0.717, 1.165) is 24.0 Å². The van der Waals surface area contributed by atoms with Crippen LogP contribution in [0, 0.1) is 17.7 Å². The van der Waals surface area contributed by atoms with E-state index in [4.69, 9.17) is 4.74 Å². The maximum absolute atomic E-state index is 13.4. The molecule has 1 aromatic rings. The number of ether oxygens (including phenoxy) is 1. The van der Waals surface area contributed by atoms with Crippen molar-refractivity contribution in [2.45, 2.75) is 38.7 Å². The van der Waals surface area contributed by atoms with Gasteiger partial charge in [0.2, 0.25) is 0 Å². The molecule has 0 saturated heterocycles. The zero-order valence-corrected chi connectivity index (χ0v) is 11.8. The Morgan fingerprint density at radius 3 is 2.90 bits per heavy atom. The van der Waals surface area contributed by atoms with Crippen molar-refractivity contribution < 1.29 is 13.9 Å². The molecule has 0 bridgehead atoms. The number of hydrogen-bond acceptors (Lipinski definition) is 2. The Morgan fingerprint density at radius 1 is 1.50 bits per heavy atom. The normalized spacial score (nSPS) is 20.4. The number of benzene rings is 1. The summed E-state index contributed by atoms with van der Waals surface area (Å²) in [5, 5.41) is 0. The van der Waals surface area contributed by atoms with Crippen molar-refractivity contribution in [2.75, 3.05) is 0 Å². The van der Waals surface area contributed by atoms with Crippen LogP contribution in [0.1, 0.15) is 37.8 Å². The van der Waals surface area contributed by atoms with Crippen LogP contribution in [0.3, 0.4) is 0 Å². The first-order chi connectivity index (χ1) is 9.48. The van der Waals surface area contributed by atoms with Gasteiger partial charge in [0.25, 0.3) is 0 Å². The number of aryl methyl sites for hydroxylation is 1. The number of carbonyl (C=O) groups is 1. The Kier molecular flexibility index (Phi) is 3.94. The van der Waals surface area contributed by atoms with Gasteiger partial charge in [-0.3, -0.25) is 0 Å². The van der Waals surface area contributed by atoms with Crippen LogP contribution in [0.25, 0.3) is 0 Å². The minimum Gasteiger partial charge on any atom is -0.438 e. The lowest BCUT2D eigenvalue weighted by Crippen LogP contribution is -2.35. The molecule has 0 radical (unpaired) electrons. The van der Waals surface area contributed by atoms with E-state index >= 15 is 0 Å². The average molecular weight is 272 g/mol. The molecular formula is C17H17FO2. The third kappa shape index (κ3) is 2.60. The maximum Gasteiger partial charge on any atom is 0.334 e. The highest BCUT2D eigenvalue weighted by Crippen LogP contribution is 2.39. The molecular weight excluding hydrogens is 255 g/mol. The number of fused-ring (bicyclic) bond motifs is 1. The molecule has 1 aromatic carbocycles. The molecule has 0 aliphatic heterocycles. The van der Waals surface area contributed by atoms with Crippen LogP contribution in [0.4, 0.5) is 4.39 Å². The highest BCUT2D eigenvalue weighted by molar-refractivity contribution is 5.87. The van der Waals surface area contributed by atoms with E-state index < -0.39 is 11.6 Å². The van der Waals surface area contributed by atoms with Gasteiger partial charge in [-0.15, -0.1) is 5.92 Å². The third-order valence-corrected chi connectivity index (χ3v) is 3.42. The van der Waals surface area contributed by atoms with Gasteiger partial charge in [0.05, 0.1) is 0 Å². The minimum absolute atomic E-state index is 0.282. The molecule has 1 aliphatic carbocycles. The van der Waals surface area contributed by atoms with Gasteiger partial charge in [-0.05, 0) is 44.4 Å². The van der Waals surface area contributed by atoms with Gasteiger partial charge in [-0.2, -0.15) is 0 Å². The van der Waals surface area contributed by atoms with E-state index in [1.165, 1.54) is 12.1 Å². The summed E-state index contributed by atoms with van der Waals surface area (Å²) in [5.74, 6) is 5.08. The summed E-state index contributed by atoms with van der Waals surface area (Å²) in [6, 6.07) is 4.54. The fourth-order valence-corrected chi connectivity index (χ4v) is 2.53. The van der Waals surface area contributed by atoms with Gasteiger partial charge in [-0.1, -0.05) is 18.6 Å². The predicted molar refractivity (Wildman–Crippen MR) is 75.4 cm³/mol. The SMILES string of the molecule is C=C(C)C(=O)OC1(C#CC)CCCc2cc(F)ccc21. The highest BCUT2D eigenvalue weighted by atomic mass is 19.1. The third-order valence-electron chi connectivity index (χ3n) is 3.42. The zero-order valence-electron chi connectivity index (χ0n) is 11.8. The fraction of sp³-hybridized carbons (Fsp3) is 0.353. The Labute approximate surface area is 118 Å². The van der Waals surface area contributed by atoms with Gasteiger partial charge in [0, 0.05) is 17.6 Å². The van der Waals surface area contributed by atoms with Gasteiger partial charge in [0.15, 0.2) is 5.60 Å². The van der Waals surface area contributed by atoms with Crippen LogP contribution in [0.5, 0.6) is 0 Å². The molecule has 0 N–H and O–H groups in total. The molecule has 3 heteroatoms. The first-order valence-corrected chi connectivity index (χ1v) is 6.60. The average Bonchev–Trinajstić information content (AvgIpc) is 2.38. The Hall–Kier alpha value is -2.08. The Balaban J connectivity index is 2.52. The minimum atomic E-state index is -0.980. The monoisotopic (exact) mass is 272 g/mol. The van der Waals surface area contributed by atoms with Crippen molar-refractivity contribution in [1.82, 2.24) is 0 Å². The van der Waals surface area contributed by atoms with Gasteiger partial charge in [0.1, 0.15) is 5.82 Å². The lowest BCUT2D eigenvalue weighted by molar-refractivity contribution is -0.151. The quantitative estimate of drug-likeness (QED) is 0.468. The van der Waals surface area contributed by atoms with Gasteiger partial charge >= 0.3 is 5.97 Å². The van der Waals surface area contributed by atoms with Gasteiger partial charge in [-0.25, -0.2) is 9.18 Å². The molecule has 0 aromatic heterocycles. The van der Waals surface area contributed by atoms with Gasteiger partial charge < -0.3 is 4.74 Å². The molecule has 0 fully saturated rings. The van der Waals surface area contributed by atoms with Crippen LogP contribution in [-0.4, -0.2) is 5.97 Å². The van der Waals surface area contributed by atoms with Crippen molar-refractivity contribution in [3.05, 3.63) is 47.3 Å². The van der Waals surface area contributed by atoms with Crippen LogP contribution in [0.15, 0.2) is 30.4 Å². The van der Waals surface area contributed by atoms with Crippen molar-refractivity contribution >= 4 is 5.97 Å². The van der Waals surface area contributed by atoms with Crippen LogP contribution in [0.2, 0.25) is 0 Å². The first-order valence-electron chi connectivity index (χ1n) is 6.60. The summed E-state index contributed by atoms with van der Waals surface area (Å²) >= 11 is 0. The van der Waals surface area contributed by atoms with Crippen molar-refractivity contribution in [2.24, 2.45) is 0 Å². The second-order valence-electron chi connectivity index (χ2n) is 5.03. The molecule has 2 nitrogen and oxygen atoms in total. The summed E-state index contributed by atoms with van der Waals surface area (Å²) in [4.78, 5) is 11.9. The number of esters is 1. The number of carbonyl (C=O) groups excluding carboxylic acids is 1. The molecule has 20 heavy (non-hydrogen) atoms. The van der Waals surface area contributed by atoms with E-state index in [0.29, 0.717) is 12.0 Å². The highest BCUT2D eigenvalue weighted by Gasteiger charge is 2.39. The molecule has 0 heterocycles. The van der Waals surface area contributed by atoms with Crippen LogP contribution >= 0.6 is 0 Å². The van der Waals surface area contributed by atoms with E-state index in [2.05, 4.69) is 18.4 Å². The van der Waals surface area contributed by atoms with Crippen molar-refractivity contribution in [3.8, 4) is 11.8 Å². The summed E-state index contributed by atoms with van der Waals surface area (Å²) in [6.07, 6.45) is 2.19. The molecule has 1 aliphatic rings. The van der Waals surface area contributed by atoms with E-state index in [1.54, 1.807) is 19.9 Å². The summed E-state index contributed by atoms with van der Waals surface area (Å²) in [5.41, 5.74) is 0.991. The lowest BCUT2D eigenvalue weighted by Gasteiger charge is -2.34. The summed E-state index contributed by atoms with van der Waals surface area (Å²) in [7, 11) is 0. The molecule has 2 rings (SSSR count). The Morgan fingerprint density at radius 2 is 2.25 bits per heavy atom. The van der Waals surface area contributed by atoms with E-state index in [-0.39, 0.29) is 5.82 Å². The standard InChI is InChI=1S/C17H17FO2/c1-4-9-17(20-16(19)12(2)3)10-5-6-13-11-14(18)7-8-15(13)17/h7-8,11H,2,5-6,10H2,1,3H3. The molecule has 0 saturated carbocycles. The Bertz CT molecular complexity index is 622. The maximum atomic E-state index is 13.4. The van der Waals surface area contributed by atoms with Crippen molar-refractivity contribution in [1.29, 1.82) is 0 Å². The topological polar surface area (TPSA) is 26.3 Å². The first kappa shape index (κ1) is 14.3. The number of hydrogen-bond donors (Lipinski definition) is 0. The second kappa shape index (κ2) is 5.50. The fourth-order valence-electron chi connectivity index (χ4n) is 2.53. The smallest absolute Gasteiger partial charge is 0.334 e. The zero-order chi connectivity index (χ0) is 14.8. The summed E-state index contributed by atoms with van der Waals surface area (Å²) < 4.78 is 19.0.